The van der Waals surface area contributed by atoms with Crippen LogP contribution in [0.2, 0.25) is 10.0 Å². The lowest BCUT2D eigenvalue weighted by Crippen LogP contribution is -2.13. The van der Waals surface area contributed by atoms with Gasteiger partial charge in [0.25, 0.3) is 5.91 Å². The predicted octanol–water partition coefficient (Wildman–Crippen LogP) is 6.66. The Kier molecular flexibility index (Phi) is 8.31. The van der Waals surface area contributed by atoms with E-state index in [2.05, 4.69) is 5.32 Å². The highest BCUT2D eigenvalue weighted by Gasteiger charge is 2.12. The minimum absolute atomic E-state index is 0.108. The van der Waals surface area contributed by atoms with Gasteiger partial charge in [0.2, 0.25) is 0 Å². The summed E-state index contributed by atoms with van der Waals surface area (Å²) < 4.78 is 24.5. The second-order valence-electron chi connectivity index (χ2n) is 6.81. The van der Waals surface area contributed by atoms with Crippen LogP contribution in [0.3, 0.4) is 0 Å². The van der Waals surface area contributed by atoms with Crippen LogP contribution in [0.5, 0.6) is 11.5 Å². The maximum absolute atomic E-state index is 13.1. The summed E-state index contributed by atoms with van der Waals surface area (Å²) in [5, 5.41) is 12.7. The maximum Gasteiger partial charge on any atom is 0.266 e. The number of nitrogens with one attached hydrogen (secondary N) is 1. The molecule has 3 aromatic carbocycles. The summed E-state index contributed by atoms with van der Waals surface area (Å²) in [4.78, 5) is 12.5. The lowest BCUT2D eigenvalue weighted by Gasteiger charge is -2.13. The number of rotatable bonds is 8. The van der Waals surface area contributed by atoms with Crippen molar-refractivity contribution in [1.82, 2.24) is 0 Å². The lowest BCUT2D eigenvalue weighted by molar-refractivity contribution is -0.112. The molecule has 0 bridgehead atoms. The van der Waals surface area contributed by atoms with E-state index in [9.17, 15) is 14.4 Å². The van der Waals surface area contributed by atoms with Gasteiger partial charge in [-0.1, -0.05) is 41.4 Å². The first-order chi connectivity index (χ1) is 15.9. The van der Waals surface area contributed by atoms with Gasteiger partial charge in [0, 0.05) is 5.69 Å². The Labute approximate surface area is 201 Å². The molecule has 1 N–H and O–H groups in total. The molecule has 0 radical (unpaired) electrons. The molecule has 5 nitrogen and oxygen atoms in total. The fourth-order valence-corrected chi connectivity index (χ4v) is 3.13. The van der Waals surface area contributed by atoms with Crippen LogP contribution in [0.25, 0.3) is 6.08 Å². The zero-order valence-corrected chi connectivity index (χ0v) is 19.1. The summed E-state index contributed by atoms with van der Waals surface area (Å²) in [5.74, 6) is 0.0273. The van der Waals surface area contributed by atoms with Gasteiger partial charge in [-0.2, -0.15) is 5.26 Å². The number of carbonyl (C=O) groups is 1. The number of hydrogen-bond acceptors (Lipinski definition) is 4. The molecule has 0 aliphatic carbocycles. The van der Waals surface area contributed by atoms with E-state index in [0.717, 1.165) is 5.56 Å². The molecule has 0 aliphatic heterocycles. The van der Waals surface area contributed by atoms with Crippen LogP contribution < -0.4 is 14.8 Å². The Hall–Kier alpha value is -3.53. The number of halogens is 3. The molecule has 3 aromatic rings. The number of amides is 1. The van der Waals surface area contributed by atoms with Crippen molar-refractivity contribution in [3.8, 4) is 17.6 Å². The minimum atomic E-state index is -0.592. The fourth-order valence-electron chi connectivity index (χ4n) is 2.83. The number of benzene rings is 3. The number of anilines is 1. The van der Waals surface area contributed by atoms with Gasteiger partial charge in [0.1, 0.15) is 24.1 Å². The van der Waals surface area contributed by atoms with E-state index in [0.29, 0.717) is 34.4 Å². The third-order valence-electron chi connectivity index (χ3n) is 4.43. The van der Waals surface area contributed by atoms with Crippen molar-refractivity contribution in [3.63, 3.8) is 0 Å². The smallest absolute Gasteiger partial charge is 0.266 e. The average molecular weight is 485 g/mol. The molecule has 0 aromatic heterocycles. The Morgan fingerprint density at radius 3 is 2.45 bits per heavy atom. The van der Waals surface area contributed by atoms with Crippen LogP contribution in [0, 0.1) is 17.1 Å². The van der Waals surface area contributed by atoms with E-state index in [1.165, 1.54) is 24.3 Å². The first-order valence-electron chi connectivity index (χ1n) is 9.92. The molecule has 1 amide bonds. The second-order valence-corrected chi connectivity index (χ2v) is 7.62. The van der Waals surface area contributed by atoms with E-state index in [-0.39, 0.29) is 23.0 Å². The molecule has 8 heteroatoms. The third-order valence-corrected chi connectivity index (χ3v) is 5.17. The van der Waals surface area contributed by atoms with Crippen LogP contribution in [0.4, 0.5) is 10.1 Å². The van der Waals surface area contributed by atoms with Crippen molar-refractivity contribution in [2.24, 2.45) is 0 Å². The highest BCUT2D eigenvalue weighted by molar-refractivity contribution is 6.42. The summed E-state index contributed by atoms with van der Waals surface area (Å²) >= 11 is 11.9. The molecular formula is C25H19Cl2FN2O3. The number of hydrogen-bond donors (Lipinski definition) is 1. The Morgan fingerprint density at radius 2 is 1.79 bits per heavy atom. The zero-order chi connectivity index (χ0) is 23.8. The molecule has 0 saturated heterocycles. The van der Waals surface area contributed by atoms with E-state index in [1.54, 1.807) is 42.5 Å². The Bertz CT molecular complexity index is 1220. The van der Waals surface area contributed by atoms with Crippen molar-refractivity contribution >= 4 is 40.9 Å². The van der Waals surface area contributed by atoms with E-state index < -0.39 is 5.91 Å². The molecule has 0 unspecified atom stereocenters. The summed E-state index contributed by atoms with van der Waals surface area (Å²) in [6, 6.07) is 17.6. The van der Waals surface area contributed by atoms with E-state index >= 15 is 0 Å². The third kappa shape index (κ3) is 6.72. The van der Waals surface area contributed by atoms with Crippen LogP contribution in [0.15, 0.2) is 66.2 Å². The molecular weight excluding hydrogens is 466 g/mol. The largest absolute Gasteiger partial charge is 0.490 e. The van der Waals surface area contributed by atoms with Gasteiger partial charge >= 0.3 is 0 Å². The van der Waals surface area contributed by atoms with Crippen molar-refractivity contribution in [3.05, 3.63) is 93.2 Å². The van der Waals surface area contributed by atoms with E-state index in [4.69, 9.17) is 32.7 Å². The van der Waals surface area contributed by atoms with Crippen LogP contribution in [-0.2, 0) is 11.4 Å². The predicted molar refractivity (Wildman–Crippen MR) is 127 cm³/mol. The molecule has 168 valence electrons. The summed E-state index contributed by atoms with van der Waals surface area (Å²) in [6.45, 7) is 2.45. The topological polar surface area (TPSA) is 71.3 Å². The normalized spacial score (nSPS) is 10.9. The SMILES string of the molecule is CCOc1cc(/C=C(\C#N)C(=O)Nc2ccc(Cl)c(Cl)c2)ccc1OCc1ccc(F)cc1. The van der Waals surface area contributed by atoms with Gasteiger partial charge in [-0.05, 0) is 66.6 Å². The summed E-state index contributed by atoms with van der Waals surface area (Å²) in [7, 11) is 0. The Morgan fingerprint density at radius 1 is 1.03 bits per heavy atom. The first kappa shape index (κ1) is 24.1. The molecule has 3 rings (SSSR count). The van der Waals surface area contributed by atoms with Crippen molar-refractivity contribution < 1.29 is 18.7 Å². The molecule has 0 spiro atoms. The zero-order valence-electron chi connectivity index (χ0n) is 17.6. The lowest BCUT2D eigenvalue weighted by atomic mass is 10.1. The number of nitriles is 1. The molecule has 0 fully saturated rings. The quantitative estimate of drug-likeness (QED) is 0.286. The molecule has 33 heavy (non-hydrogen) atoms. The van der Waals surface area contributed by atoms with Gasteiger partial charge in [0.15, 0.2) is 11.5 Å². The van der Waals surface area contributed by atoms with Crippen molar-refractivity contribution in [1.29, 1.82) is 5.26 Å². The van der Waals surface area contributed by atoms with Gasteiger partial charge in [-0.25, -0.2) is 4.39 Å². The summed E-state index contributed by atoms with van der Waals surface area (Å²) in [6.07, 6.45) is 1.44. The summed E-state index contributed by atoms with van der Waals surface area (Å²) in [5.41, 5.74) is 1.68. The first-order valence-corrected chi connectivity index (χ1v) is 10.7. The van der Waals surface area contributed by atoms with E-state index in [1.807, 2.05) is 13.0 Å². The number of carbonyl (C=O) groups excluding carboxylic acids is 1. The van der Waals surface area contributed by atoms with Crippen LogP contribution in [0.1, 0.15) is 18.1 Å². The molecule has 0 aliphatic rings. The minimum Gasteiger partial charge on any atom is -0.490 e. The van der Waals surface area contributed by atoms with Gasteiger partial charge < -0.3 is 14.8 Å². The molecule has 0 heterocycles. The highest BCUT2D eigenvalue weighted by Crippen LogP contribution is 2.30. The van der Waals surface area contributed by atoms with Crippen LogP contribution in [-0.4, -0.2) is 12.5 Å². The maximum atomic E-state index is 13.1. The van der Waals surface area contributed by atoms with Crippen molar-refractivity contribution in [2.45, 2.75) is 13.5 Å². The van der Waals surface area contributed by atoms with Crippen LogP contribution >= 0.6 is 23.2 Å². The second kappa shape index (κ2) is 11.4. The monoisotopic (exact) mass is 484 g/mol. The molecule has 0 atom stereocenters. The fraction of sp³-hybridized carbons (Fsp3) is 0.120. The number of ether oxygens (including phenoxy) is 2. The standard InChI is InChI=1S/C25H19Cl2FN2O3/c1-2-32-24-12-17(5-10-23(24)33-15-16-3-6-19(28)7-4-16)11-18(14-29)25(31)30-20-8-9-21(26)22(27)13-20/h3-13H,2,15H2,1H3,(H,30,31)/b18-11+. The number of nitrogens with zero attached hydrogens (tertiary/aromatic N) is 1. The molecule has 0 saturated carbocycles. The Balaban J connectivity index is 1.77. The highest BCUT2D eigenvalue weighted by atomic mass is 35.5. The van der Waals surface area contributed by atoms with Gasteiger partial charge in [-0.15, -0.1) is 0 Å². The average Bonchev–Trinajstić information content (AvgIpc) is 2.80. The van der Waals surface area contributed by atoms with Gasteiger partial charge in [0.05, 0.1) is 16.7 Å². The van der Waals surface area contributed by atoms with Crippen molar-refractivity contribution in [2.75, 3.05) is 11.9 Å². The van der Waals surface area contributed by atoms with Gasteiger partial charge in [-0.3, -0.25) is 4.79 Å².